The van der Waals surface area contributed by atoms with E-state index in [9.17, 15) is 4.79 Å². The number of rotatable bonds is 6. The Balaban J connectivity index is 1.55. The first-order chi connectivity index (χ1) is 15.4. The summed E-state index contributed by atoms with van der Waals surface area (Å²) < 4.78 is 7.49. The molecule has 2 aromatic carbocycles. The van der Waals surface area contributed by atoms with Crippen molar-refractivity contribution in [2.45, 2.75) is 25.9 Å². The molecule has 0 unspecified atom stereocenters. The van der Waals surface area contributed by atoms with E-state index < -0.39 is 0 Å². The first kappa shape index (κ1) is 22.6. The normalized spacial score (nSPS) is 13.9. The van der Waals surface area contributed by atoms with E-state index >= 15 is 0 Å². The van der Waals surface area contributed by atoms with Crippen LogP contribution in [-0.2, 0) is 9.53 Å². The van der Waals surface area contributed by atoms with Crippen molar-refractivity contribution in [3.8, 4) is 5.69 Å². The van der Waals surface area contributed by atoms with Crippen molar-refractivity contribution in [3.63, 3.8) is 0 Å². The van der Waals surface area contributed by atoms with Gasteiger partial charge in [-0.05, 0) is 50.1 Å². The van der Waals surface area contributed by atoms with E-state index in [0.29, 0.717) is 29.1 Å². The van der Waals surface area contributed by atoms with E-state index in [1.165, 1.54) is 17.3 Å². The summed E-state index contributed by atoms with van der Waals surface area (Å²) in [5.74, 6) is 0.809. The van der Waals surface area contributed by atoms with Crippen LogP contribution in [0.3, 0.4) is 0 Å². The predicted octanol–water partition coefficient (Wildman–Crippen LogP) is 4.41. The van der Waals surface area contributed by atoms with Gasteiger partial charge in [0.05, 0.1) is 35.4 Å². The van der Waals surface area contributed by atoms with Gasteiger partial charge in [-0.15, -0.1) is 10.2 Å². The second-order valence-electron chi connectivity index (χ2n) is 7.83. The number of hydrogen-bond acceptors (Lipinski definition) is 6. The molecule has 4 rings (SSSR count). The lowest BCUT2D eigenvalue weighted by Crippen LogP contribution is -2.37. The van der Waals surface area contributed by atoms with Crippen LogP contribution in [-0.4, -0.2) is 52.7 Å². The maximum Gasteiger partial charge on any atom is 0.234 e. The smallest absolute Gasteiger partial charge is 0.234 e. The van der Waals surface area contributed by atoms with Crippen LogP contribution in [0.1, 0.15) is 16.7 Å². The quantitative estimate of drug-likeness (QED) is 0.537. The van der Waals surface area contributed by atoms with E-state index in [1.54, 1.807) is 0 Å². The number of amides is 1. The lowest BCUT2D eigenvalue weighted by molar-refractivity contribution is -0.113. The highest BCUT2D eigenvalue weighted by molar-refractivity contribution is 7.99. The molecular formula is C23H26ClN5O2S. The van der Waals surface area contributed by atoms with E-state index in [4.69, 9.17) is 16.3 Å². The molecule has 1 fully saturated rings. The van der Waals surface area contributed by atoms with Gasteiger partial charge in [-0.1, -0.05) is 47.1 Å². The number of thioether (sulfide) groups is 1. The van der Waals surface area contributed by atoms with E-state index in [0.717, 1.165) is 35.9 Å². The van der Waals surface area contributed by atoms with Gasteiger partial charge in [-0.25, -0.2) is 0 Å². The van der Waals surface area contributed by atoms with E-state index in [1.807, 2.05) is 42.7 Å². The van der Waals surface area contributed by atoms with Crippen molar-refractivity contribution in [2.24, 2.45) is 0 Å². The molecule has 1 aliphatic rings. The van der Waals surface area contributed by atoms with Gasteiger partial charge < -0.3 is 15.0 Å². The summed E-state index contributed by atoms with van der Waals surface area (Å²) in [5, 5.41) is 13.0. The molecule has 2 heterocycles. The Hall–Kier alpha value is -2.55. The SMILES string of the molecule is Cc1ccc(-n2c(SCC(=O)Nc3c(C)cc(C)cc3Cl)nnc2N2CCOCC2)cc1. The maximum atomic E-state index is 12.7. The van der Waals surface area contributed by atoms with Gasteiger partial charge in [-0.2, -0.15) is 0 Å². The number of aryl methyl sites for hydroxylation is 3. The minimum absolute atomic E-state index is 0.143. The topological polar surface area (TPSA) is 72.3 Å². The molecule has 3 aromatic rings. The molecular weight excluding hydrogens is 446 g/mol. The highest BCUT2D eigenvalue weighted by Gasteiger charge is 2.22. The molecule has 0 atom stereocenters. The first-order valence-electron chi connectivity index (χ1n) is 10.5. The van der Waals surface area contributed by atoms with Crippen molar-refractivity contribution in [2.75, 3.05) is 42.3 Å². The average Bonchev–Trinajstić information content (AvgIpc) is 3.20. The number of morpholine rings is 1. The molecule has 7 nitrogen and oxygen atoms in total. The van der Waals surface area contributed by atoms with Crippen LogP contribution in [0, 0.1) is 20.8 Å². The van der Waals surface area contributed by atoms with Crippen LogP contribution < -0.4 is 10.2 Å². The third-order valence-corrected chi connectivity index (χ3v) is 6.46. The van der Waals surface area contributed by atoms with E-state index in [2.05, 4.69) is 39.5 Å². The van der Waals surface area contributed by atoms with E-state index in [-0.39, 0.29) is 11.7 Å². The van der Waals surface area contributed by atoms with Crippen LogP contribution in [0.2, 0.25) is 5.02 Å². The molecule has 1 aromatic heterocycles. The van der Waals surface area contributed by atoms with Crippen molar-refractivity contribution >= 4 is 40.9 Å². The highest BCUT2D eigenvalue weighted by Crippen LogP contribution is 2.30. The maximum absolute atomic E-state index is 12.7. The number of hydrogen-bond donors (Lipinski definition) is 1. The number of carbonyl (C=O) groups excluding carboxylic acids is 1. The summed E-state index contributed by atoms with van der Waals surface area (Å²) in [5.41, 5.74) is 4.78. The Morgan fingerprint density at radius 2 is 1.81 bits per heavy atom. The molecule has 1 N–H and O–H groups in total. The minimum Gasteiger partial charge on any atom is -0.378 e. The number of ether oxygens (including phenoxy) is 1. The second-order valence-corrected chi connectivity index (χ2v) is 9.18. The minimum atomic E-state index is -0.143. The predicted molar refractivity (Wildman–Crippen MR) is 129 cm³/mol. The zero-order valence-electron chi connectivity index (χ0n) is 18.4. The number of halogens is 1. The van der Waals surface area contributed by atoms with Crippen LogP contribution in [0.15, 0.2) is 41.6 Å². The molecule has 0 bridgehead atoms. The number of nitrogens with zero attached hydrogens (tertiary/aromatic N) is 4. The van der Waals surface area contributed by atoms with Gasteiger partial charge in [0.15, 0.2) is 5.16 Å². The standard InChI is InChI=1S/C23H26ClN5O2S/c1-15-4-6-18(7-5-15)29-22(28-8-10-31-11-9-28)26-27-23(29)32-14-20(30)25-21-17(3)12-16(2)13-19(21)24/h4-7,12-13H,8-11,14H2,1-3H3,(H,25,30). The van der Waals surface area contributed by atoms with Crippen LogP contribution in [0.25, 0.3) is 5.69 Å². The molecule has 1 saturated heterocycles. The third kappa shape index (κ3) is 5.09. The summed E-state index contributed by atoms with van der Waals surface area (Å²) >= 11 is 7.69. The number of anilines is 2. The molecule has 1 aliphatic heterocycles. The average molecular weight is 472 g/mol. The lowest BCUT2D eigenvalue weighted by Gasteiger charge is -2.28. The number of nitrogens with one attached hydrogen (secondary N) is 1. The number of carbonyl (C=O) groups is 1. The van der Waals surface area contributed by atoms with Crippen molar-refractivity contribution in [1.82, 2.24) is 14.8 Å². The monoisotopic (exact) mass is 471 g/mol. The molecule has 32 heavy (non-hydrogen) atoms. The molecule has 1 amide bonds. The van der Waals surface area contributed by atoms with Gasteiger partial charge in [0, 0.05) is 13.1 Å². The number of benzene rings is 2. The van der Waals surface area contributed by atoms with Gasteiger partial charge in [0.25, 0.3) is 0 Å². The Morgan fingerprint density at radius 3 is 2.50 bits per heavy atom. The Bertz CT molecular complexity index is 1090. The van der Waals surface area contributed by atoms with Crippen LogP contribution in [0.4, 0.5) is 11.6 Å². The number of aromatic nitrogens is 3. The highest BCUT2D eigenvalue weighted by atomic mass is 35.5. The van der Waals surface area contributed by atoms with Gasteiger partial charge in [0.2, 0.25) is 11.9 Å². The van der Waals surface area contributed by atoms with Gasteiger partial charge in [0.1, 0.15) is 0 Å². The van der Waals surface area contributed by atoms with Crippen LogP contribution >= 0.6 is 23.4 Å². The lowest BCUT2D eigenvalue weighted by atomic mass is 10.1. The Morgan fingerprint density at radius 1 is 1.09 bits per heavy atom. The summed E-state index contributed by atoms with van der Waals surface area (Å²) in [6.45, 7) is 8.77. The summed E-state index contributed by atoms with van der Waals surface area (Å²) in [6, 6.07) is 12.0. The Kier molecular flexibility index (Phi) is 7.03. The third-order valence-electron chi connectivity index (χ3n) is 5.23. The summed E-state index contributed by atoms with van der Waals surface area (Å²) in [6.07, 6.45) is 0. The summed E-state index contributed by atoms with van der Waals surface area (Å²) in [7, 11) is 0. The molecule has 0 radical (unpaired) electrons. The van der Waals surface area contributed by atoms with Crippen molar-refractivity contribution in [1.29, 1.82) is 0 Å². The Labute approximate surface area is 197 Å². The zero-order chi connectivity index (χ0) is 22.7. The molecule has 0 saturated carbocycles. The van der Waals surface area contributed by atoms with Crippen molar-refractivity contribution < 1.29 is 9.53 Å². The second kappa shape index (κ2) is 9.94. The molecule has 0 aliphatic carbocycles. The van der Waals surface area contributed by atoms with Gasteiger partial charge in [-0.3, -0.25) is 9.36 Å². The molecule has 0 spiro atoms. The fourth-order valence-corrected chi connectivity index (χ4v) is 4.74. The molecule has 168 valence electrons. The largest absolute Gasteiger partial charge is 0.378 e. The zero-order valence-corrected chi connectivity index (χ0v) is 20.0. The molecule has 9 heteroatoms. The fraction of sp³-hybridized carbons (Fsp3) is 0.348. The fourth-order valence-electron chi connectivity index (χ4n) is 3.62. The first-order valence-corrected chi connectivity index (χ1v) is 11.8. The van der Waals surface area contributed by atoms with Crippen LogP contribution in [0.5, 0.6) is 0 Å². The van der Waals surface area contributed by atoms with Gasteiger partial charge >= 0.3 is 0 Å². The summed E-state index contributed by atoms with van der Waals surface area (Å²) in [4.78, 5) is 14.9. The van der Waals surface area contributed by atoms with Crippen molar-refractivity contribution in [3.05, 3.63) is 58.1 Å².